The molecule has 3 rings (SSSR count). The summed E-state index contributed by atoms with van der Waals surface area (Å²) in [6, 6.07) is 21.8. The smallest absolute Gasteiger partial charge is 0.338 e. The van der Waals surface area contributed by atoms with Crippen LogP contribution in [0.3, 0.4) is 0 Å². The molecule has 0 radical (unpaired) electrons. The zero-order valence-electron chi connectivity index (χ0n) is 14.2. The Morgan fingerprint density at radius 1 is 0.852 bits per heavy atom. The number of hydrogen-bond donors (Lipinski definition) is 1. The van der Waals surface area contributed by atoms with E-state index < -0.39 is 16.0 Å². The van der Waals surface area contributed by atoms with E-state index in [4.69, 9.17) is 14.6 Å². The first-order valence-corrected chi connectivity index (χ1v) is 9.59. The Balaban J connectivity index is 1.69. The molecule has 0 amide bonds. The molecule has 3 aromatic rings. The minimum atomic E-state index is -3.80. The van der Waals surface area contributed by atoms with Gasteiger partial charge in [0.25, 0.3) is 0 Å². The van der Waals surface area contributed by atoms with Crippen molar-refractivity contribution < 1.29 is 22.7 Å². The molecule has 0 aliphatic carbocycles. The van der Waals surface area contributed by atoms with Gasteiger partial charge >= 0.3 is 5.97 Å². The van der Waals surface area contributed by atoms with Crippen LogP contribution in [0.4, 0.5) is 0 Å². The fraction of sp³-hybridized carbons (Fsp3) is 0.0500. The van der Waals surface area contributed by atoms with E-state index in [0.717, 1.165) is 0 Å². The quantitative estimate of drug-likeness (QED) is 0.658. The number of para-hydroxylation sites is 2. The van der Waals surface area contributed by atoms with Gasteiger partial charge in [0, 0.05) is 5.56 Å². The molecule has 2 N–H and O–H groups in total. The van der Waals surface area contributed by atoms with E-state index >= 15 is 0 Å². The van der Waals surface area contributed by atoms with Gasteiger partial charge in [-0.25, -0.2) is 18.4 Å². The lowest BCUT2D eigenvalue weighted by molar-refractivity contribution is 0.0470. The molecule has 0 atom stereocenters. The molecule has 0 unspecified atom stereocenters. The highest BCUT2D eigenvalue weighted by molar-refractivity contribution is 7.89. The average molecular weight is 383 g/mol. The number of esters is 1. The lowest BCUT2D eigenvalue weighted by Crippen LogP contribution is -2.12. The third-order valence-electron chi connectivity index (χ3n) is 3.72. The van der Waals surface area contributed by atoms with Crippen molar-refractivity contribution >= 4 is 16.0 Å². The van der Waals surface area contributed by atoms with Crippen molar-refractivity contribution in [3.8, 4) is 11.5 Å². The molecule has 0 fully saturated rings. The van der Waals surface area contributed by atoms with Crippen LogP contribution in [0.15, 0.2) is 83.8 Å². The van der Waals surface area contributed by atoms with Crippen LogP contribution in [-0.2, 0) is 21.4 Å². The van der Waals surface area contributed by atoms with Crippen molar-refractivity contribution in [2.24, 2.45) is 5.14 Å². The number of ether oxygens (including phenoxy) is 2. The zero-order valence-corrected chi connectivity index (χ0v) is 15.1. The molecule has 0 bridgehead atoms. The molecule has 0 spiro atoms. The van der Waals surface area contributed by atoms with E-state index in [1.54, 1.807) is 12.1 Å². The van der Waals surface area contributed by atoms with Crippen LogP contribution >= 0.6 is 0 Å². The van der Waals surface area contributed by atoms with Crippen LogP contribution in [0, 0.1) is 0 Å². The first-order chi connectivity index (χ1) is 12.9. The summed E-state index contributed by atoms with van der Waals surface area (Å²) in [7, 11) is -3.80. The van der Waals surface area contributed by atoms with Crippen LogP contribution < -0.4 is 9.88 Å². The molecule has 0 aromatic heterocycles. The summed E-state index contributed by atoms with van der Waals surface area (Å²) in [4.78, 5) is 12.1. The van der Waals surface area contributed by atoms with Crippen molar-refractivity contribution in [2.45, 2.75) is 11.5 Å². The summed E-state index contributed by atoms with van der Waals surface area (Å²) >= 11 is 0. The predicted molar refractivity (Wildman–Crippen MR) is 99.9 cm³/mol. The van der Waals surface area contributed by atoms with Crippen LogP contribution in [0.25, 0.3) is 0 Å². The molecule has 0 aliphatic rings. The second-order valence-electron chi connectivity index (χ2n) is 5.67. The van der Waals surface area contributed by atoms with Gasteiger partial charge in [-0.1, -0.05) is 36.4 Å². The summed E-state index contributed by atoms with van der Waals surface area (Å²) in [5.41, 5.74) is 0.930. The molecule has 0 heterocycles. The topological polar surface area (TPSA) is 95.7 Å². The van der Waals surface area contributed by atoms with Crippen LogP contribution in [-0.4, -0.2) is 14.4 Å². The molecule has 27 heavy (non-hydrogen) atoms. The standard InChI is InChI=1S/C20H17NO5S/c21-27(23,24)18-12-10-15(11-13-18)20(22)25-14-16-6-4-5-9-19(16)26-17-7-2-1-3-8-17/h1-13H,14H2,(H2,21,23,24). The molecular formula is C20H17NO5S. The highest BCUT2D eigenvalue weighted by Crippen LogP contribution is 2.25. The number of nitrogens with two attached hydrogens (primary N) is 1. The molecule has 0 saturated heterocycles. The number of benzene rings is 3. The Labute approximate surface area is 157 Å². The Bertz CT molecular complexity index is 1030. The van der Waals surface area contributed by atoms with Gasteiger partial charge in [-0.15, -0.1) is 0 Å². The highest BCUT2D eigenvalue weighted by Gasteiger charge is 2.13. The SMILES string of the molecule is NS(=O)(=O)c1ccc(C(=O)OCc2ccccc2Oc2ccccc2)cc1. The number of primary sulfonamides is 1. The number of hydrogen-bond acceptors (Lipinski definition) is 5. The fourth-order valence-electron chi connectivity index (χ4n) is 2.35. The van der Waals surface area contributed by atoms with E-state index in [9.17, 15) is 13.2 Å². The van der Waals surface area contributed by atoms with Gasteiger partial charge in [0.05, 0.1) is 10.5 Å². The van der Waals surface area contributed by atoms with Gasteiger partial charge in [-0.2, -0.15) is 0 Å². The van der Waals surface area contributed by atoms with Gasteiger partial charge in [0.15, 0.2) is 0 Å². The van der Waals surface area contributed by atoms with Crippen LogP contribution in [0.2, 0.25) is 0 Å². The largest absolute Gasteiger partial charge is 0.457 e. The summed E-state index contributed by atoms with van der Waals surface area (Å²) in [5.74, 6) is 0.682. The molecule has 138 valence electrons. The maximum absolute atomic E-state index is 12.2. The first-order valence-electron chi connectivity index (χ1n) is 8.04. The Kier molecular flexibility index (Phi) is 5.54. The third kappa shape index (κ3) is 4.93. The van der Waals surface area contributed by atoms with Crippen molar-refractivity contribution in [2.75, 3.05) is 0 Å². The lowest BCUT2D eigenvalue weighted by atomic mass is 10.2. The van der Waals surface area contributed by atoms with Gasteiger partial charge in [-0.3, -0.25) is 0 Å². The number of carbonyl (C=O) groups excluding carboxylic acids is 1. The van der Waals surface area contributed by atoms with Crippen molar-refractivity contribution in [3.05, 3.63) is 90.0 Å². The molecule has 0 saturated carbocycles. The highest BCUT2D eigenvalue weighted by atomic mass is 32.2. The molecule has 6 nitrogen and oxygen atoms in total. The number of carbonyl (C=O) groups is 1. The van der Waals surface area contributed by atoms with E-state index in [2.05, 4.69) is 0 Å². The van der Waals surface area contributed by atoms with Crippen LogP contribution in [0.5, 0.6) is 11.5 Å². The normalized spacial score (nSPS) is 11.0. The lowest BCUT2D eigenvalue weighted by Gasteiger charge is -2.11. The summed E-state index contributed by atoms with van der Waals surface area (Å²) in [5, 5.41) is 5.04. The fourth-order valence-corrected chi connectivity index (χ4v) is 2.86. The minimum absolute atomic E-state index is 0.0127. The monoisotopic (exact) mass is 383 g/mol. The number of sulfonamides is 1. The first kappa shape index (κ1) is 18.6. The molecule has 0 aliphatic heterocycles. The van der Waals surface area contributed by atoms with Gasteiger partial charge in [0.1, 0.15) is 18.1 Å². The average Bonchev–Trinajstić information content (AvgIpc) is 2.67. The Morgan fingerprint density at radius 3 is 2.15 bits per heavy atom. The maximum atomic E-state index is 12.2. The second-order valence-corrected chi connectivity index (χ2v) is 7.23. The van der Waals surface area contributed by atoms with E-state index in [0.29, 0.717) is 17.1 Å². The minimum Gasteiger partial charge on any atom is -0.457 e. The van der Waals surface area contributed by atoms with Crippen molar-refractivity contribution in [1.82, 2.24) is 0 Å². The maximum Gasteiger partial charge on any atom is 0.338 e. The van der Waals surface area contributed by atoms with Crippen molar-refractivity contribution in [1.29, 1.82) is 0 Å². The van der Waals surface area contributed by atoms with E-state index in [1.807, 2.05) is 42.5 Å². The van der Waals surface area contributed by atoms with Gasteiger partial charge < -0.3 is 9.47 Å². The molecule has 3 aromatic carbocycles. The Hall–Kier alpha value is -3.16. The summed E-state index contributed by atoms with van der Waals surface area (Å²) in [6.45, 7) is 0.0127. The van der Waals surface area contributed by atoms with Gasteiger partial charge in [0.2, 0.25) is 10.0 Å². The van der Waals surface area contributed by atoms with Crippen molar-refractivity contribution in [3.63, 3.8) is 0 Å². The second kappa shape index (κ2) is 8.03. The third-order valence-corrected chi connectivity index (χ3v) is 4.65. The van der Waals surface area contributed by atoms with E-state index in [1.165, 1.54) is 24.3 Å². The van der Waals surface area contributed by atoms with Crippen LogP contribution in [0.1, 0.15) is 15.9 Å². The van der Waals surface area contributed by atoms with Gasteiger partial charge in [-0.05, 0) is 42.5 Å². The molecular weight excluding hydrogens is 366 g/mol. The summed E-state index contributed by atoms with van der Waals surface area (Å²) < 4.78 is 33.7. The molecule has 7 heteroatoms. The van der Waals surface area contributed by atoms with E-state index in [-0.39, 0.29) is 17.1 Å². The summed E-state index contributed by atoms with van der Waals surface area (Å²) in [6.07, 6.45) is 0. The Morgan fingerprint density at radius 2 is 1.48 bits per heavy atom. The predicted octanol–water partition coefficient (Wildman–Crippen LogP) is 3.48. The zero-order chi connectivity index (χ0) is 19.3. The number of rotatable bonds is 6.